The van der Waals surface area contributed by atoms with Crippen LogP contribution in [0.25, 0.3) is 0 Å². The second-order valence-electron chi connectivity index (χ2n) is 5.47. The highest BCUT2D eigenvalue weighted by molar-refractivity contribution is 5.75. The van der Waals surface area contributed by atoms with E-state index in [1.54, 1.807) is 0 Å². The number of nitrogens with one attached hydrogen (secondary N) is 3. The van der Waals surface area contributed by atoms with E-state index in [2.05, 4.69) is 28.1 Å². The maximum Gasteiger partial charge on any atom is 0.315 e. The molecule has 0 bridgehead atoms. The van der Waals surface area contributed by atoms with Gasteiger partial charge in [0.15, 0.2) is 0 Å². The van der Waals surface area contributed by atoms with Gasteiger partial charge in [0.05, 0.1) is 5.54 Å². The van der Waals surface area contributed by atoms with Crippen molar-refractivity contribution < 1.29 is 4.79 Å². The molecule has 0 fully saturated rings. The second kappa shape index (κ2) is 5.51. The number of hydrogen-bond acceptors (Lipinski definition) is 2. The van der Waals surface area contributed by atoms with Crippen LogP contribution in [0.3, 0.4) is 0 Å². The Kier molecular flexibility index (Phi) is 3.98. The standard InChI is InChI=1S/C15H23N3O/c1-4-16-14(19)18-15(2,3)12-8-5-9-13-11(12)7-6-10-17-13/h5,8-9,17H,4,6-7,10H2,1-3H3,(H2,16,18,19). The first-order valence-corrected chi connectivity index (χ1v) is 6.97. The van der Waals surface area contributed by atoms with E-state index in [9.17, 15) is 4.79 Å². The van der Waals surface area contributed by atoms with E-state index < -0.39 is 0 Å². The van der Waals surface area contributed by atoms with Crippen LogP contribution >= 0.6 is 0 Å². The number of benzene rings is 1. The van der Waals surface area contributed by atoms with Gasteiger partial charge in [0.2, 0.25) is 0 Å². The summed E-state index contributed by atoms with van der Waals surface area (Å²) in [5.41, 5.74) is 3.36. The molecule has 104 valence electrons. The van der Waals surface area contributed by atoms with Gasteiger partial charge in [0.25, 0.3) is 0 Å². The highest BCUT2D eigenvalue weighted by Gasteiger charge is 2.27. The third kappa shape index (κ3) is 3.00. The summed E-state index contributed by atoms with van der Waals surface area (Å²) in [5, 5.41) is 9.26. The number of carbonyl (C=O) groups excluding carboxylic acids is 1. The Balaban J connectivity index is 2.27. The first-order valence-electron chi connectivity index (χ1n) is 6.97. The molecule has 0 aliphatic carbocycles. The van der Waals surface area contributed by atoms with Gasteiger partial charge in [-0.25, -0.2) is 4.79 Å². The van der Waals surface area contributed by atoms with Crippen LogP contribution in [-0.4, -0.2) is 19.1 Å². The molecule has 19 heavy (non-hydrogen) atoms. The molecule has 0 radical (unpaired) electrons. The maximum atomic E-state index is 11.8. The minimum atomic E-state index is -0.371. The Hall–Kier alpha value is -1.71. The summed E-state index contributed by atoms with van der Waals surface area (Å²) in [6.07, 6.45) is 2.21. The normalized spacial score (nSPS) is 14.3. The Morgan fingerprint density at radius 2 is 2.21 bits per heavy atom. The van der Waals surface area contributed by atoms with Crippen LogP contribution in [-0.2, 0) is 12.0 Å². The lowest BCUT2D eigenvalue weighted by Crippen LogP contribution is -2.47. The van der Waals surface area contributed by atoms with Crippen molar-refractivity contribution in [2.45, 2.75) is 39.2 Å². The summed E-state index contributed by atoms with van der Waals surface area (Å²) in [4.78, 5) is 11.8. The van der Waals surface area contributed by atoms with Crippen molar-refractivity contribution in [3.8, 4) is 0 Å². The molecule has 1 aromatic carbocycles. The molecule has 4 heteroatoms. The number of hydrogen-bond donors (Lipinski definition) is 3. The van der Waals surface area contributed by atoms with E-state index >= 15 is 0 Å². The zero-order valence-electron chi connectivity index (χ0n) is 12.0. The molecule has 3 N–H and O–H groups in total. The van der Waals surface area contributed by atoms with Crippen LogP contribution in [0.2, 0.25) is 0 Å². The summed E-state index contributed by atoms with van der Waals surface area (Å²) < 4.78 is 0. The summed E-state index contributed by atoms with van der Waals surface area (Å²) in [6.45, 7) is 7.68. The largest absolute Gasteiger partial charge is 0.385 e. The van der Waals surface area contributed by atoms with Crippen molar-refractivity contribution in [3.63, 3.8) is 0 Å². The van der Waals surface area contributed by atoms with Crippen LogP contribution in [0, 0.1) is 0 Å². The predicted molar refractivity (Wildman–Crippen MR) is 78.5 cm³/mol. The van der Waals surface area contributed by atoms with Crippen LogP contribution < -0.4 is 16.0 Å². The molecule has 0 saturated heterocycles. The van der Waals surface area contributed by atoms with Gasteiger partial charge in [-0.05, 0) is 50.8 Å². The molecule has 1 heterocycles. The van der Waals surface area contributed by atoms with E-state index in [-0.39, 0.29) is 11.6 Å². The van der Waals surface area contributed by atoms with Crippen molar-refractivity contribution >= 4 is 11.7 Å². The quantitative estimate of drug-likeness (QED) is 0.783. The molecule has 4 nitrogen and oxygen atoms in total. The highest BCUT2D eigenvalue weighted by Crippen LogP contribution is 2.32. The number of rotatable bonds is 3. The van der Waals surface area contributed by atoms with Crippen molar-refractivity contribution in [1.82, 2.24) is 10.6 Å². The Labute approximate surface area is 115 Å². The van der Waals surface area contributed by atoms with Crippen LogP contribution in [0.4, 0.5) is 10.5 Å². The molecule has 0 aromatic heterocycles. The summed E-state index contributed by atoms with van der Waals surface area (Å²) in [6, 6.07) is 6.15. The number of fused-ring (bicyclic) bond motifs is 1. The molecular formula is C15H23N3O. The van der Waals surface area contributed by atoms with Gasteiger partial charge in [0.1, 0.15) is 0 Å². The molecule has 1 aliphatic rings. The van der Waals surface area contributed by atoms with Gasteiger partial charge >= 0.3 is 6.03 Å². The topological polar surface area (TPSA) is 53.2 Å². The van der Waals surface area contributed by atoms with E-state index in [0.717, 1.165) is 19.4 Å². The van der Waals surface area contributed by atoms with Crippen molar-refractivity contribution in [2.75, 3.05) is 18.4 Å². The smallest absolute Gasteiger partial charge is 0.315 e. The Morgan fingerprint density at radius 3 is 2.95 bits per heavy atom. The van der Waals surface area contributed by atoms with Crippen molar-refractivity contribution in [3.05, 3.63) is 29.3 Å². The molecule has 2 rings (SSSR count). The first kappa shape index (κ1) is 13.7. The fourth-order valence-electron chi connectivity index (χ4n) is 2.65. The fourth-order valence-corrected chi connectivity index (χ4v) is 2.65. The van der Waals surface area contributed by atoms with Crippen LogP contribution in [0.5, 0.6) is 0 Å². The third-order valence-corrected chi connectivity index (χ3v) is 3.53. The summed E-state index contributed by atoms with van der Waals surface area (Å²) >= 11 is 0. The highest BCUT2D eigenvalue weighted by atomic mass is 16.2. The van der Waals surface area contributed by atoms with E-state index in [1.807, 2.05) is 26.8 Å². The zero-order chi connectivity index (χ0) is 13.9. The second-order valence-corrected chi connectivity index (χ2v) is 5.47. The van der Waals surface area contributed by atoms with Crippen LogP contribution in [0.15, 0.2) is 18.2 Å². The molecule has 1 aliphatic heterocycles. The molecule has 2 amide bonds. The Morgan fingerprint density at radius 1 is 1.42 bits per heavy atom. The average molecular weight is 261 g/mol. The van der Waals surface area contributed by atoms with Crippen molar-refractivity contribution in [1.29, 1.82) is 0 Å². The molecule has 1 aromatic rings. The lowest BCUT2D eigenvalue weighted by molar-refractivity contribution is 0.230. The number of amides is 2. The van der Waals surface area contributed by atoms with Crippen LogP contribution in [0.1, 0.15) is 38.3 Å². The van der Waals surface area contributed by atoms with Gasteiger partial charge in [0, 0.05) is 18.8 Å². The zero-order valence-corrected chi connectivity index (χ0v) is 12.0. The molecule has 0 saturated carbocycles. The molecule has 0 spiro atoms. The minimum absolute atomic E-state index is 0.117. The monoisotopic (exact) mass is 261 g/mol. The van der Waals surface area contributed by atoms with Gasteiger partial charge in [-0.15, -0.1) is 0 Å². The average Bonchev–Trinajstić information content (AvgIpc) is 2.37. The number of anilines is 1. The molecular weight excluding hydrogens is 238 g/mol. The van der Waals surface area contributed by atoms with E-state index in [0.29, 0.717) is 6.54 Å². The summed E-state index contributed by atoms with van der Waals surface area (Å²) in [7, 11) is 0. The van der Waals surface area contributed by atoms with Gasteiger partial charge in [-0.3, -0.25) is 0 Å². The Bertz CT molecular complexity index is 468. The maximum absolute atomic E-state index is 11.8. The van der Waals surface area contributed by atoms with Gasteiger partial charge in [-0.1, -0.05) is 12.1 Å². The SMILES string of the molecule is CCNC(=O)NC(C)(C)c1cccc2c1CCCN2. The third-order valence-electron chi connectivity index (χ3n) is 3.53. The number of carbonyl (C=O) groups is 1. The van der Waals surface area contributed by atoms with E-state index in [1.165, 1.54) is 16.8 Å². The minimum Gasteiger partial charge on any atom is -0.385 e. The van der Waals surface area contributed by atoms with Crippen molar-refractivity contribution in [2.24, 2.45) is 0 Å². The fraction of sp³-hybridized carbons (Fsp3) is 0.533. The lowest BCUT2D eigenvalue weighted by Gasteiger charge is -2.32. The first-order chi connectivity index (χ1) is 9.04. The number of urea groups is 1. The lowest BCUT2D eigenvalue weighted by atomic mass is 9.86. The van der Waals surface area contributed by atoms with E-state index in [4.69, 9.17) is 0 Å². The predicted octanol–water partition coefficient (Wildman–Crippen LogP) is 2.60. The summed E-state index contributed by atoms with van der Waals surface area (Å²) in [5.74, 6) is 0. The molecule has 0 atom stereocenters. The molecule has 0 unspecified atom stereocenters. The van der Waals surface area contributed by atoms with Gasteiger partial charge < -0.3 is 16.0 Å². The van der Waals surface area contributed by atoms with Gasteiger partial charge in [-0.2, -0.15) is 0 Å².